The average molecular weight is 113 g/mol. The predicted octanol–water partition coefficient (Wildman–Crippen LogP) is 0.992. The molecule has 0 spiro atoms. The fourth-order valence-electron chi connectivity index (χ4n) is 0.265. The summed E-state index contributed by atoms with van der Waals surface area (Å²) in [7, 11) is 4.39. The van der Waals surface area contributed by atoms with Crippen LogP contribution in [0.5, 0.6) is 0 Å². The van der Waals surface area contributed by atoms with Gasteiger partial charge < -0.3 is 0 Å². The molecular formula is C4H9Si2. The van der Waals surface area contributed by atoms with Gasteiger partial charge >= 0.3 is 0 Å². The van der Waals surface area contributed by atoms with E-state index in [9.17, 15) is 0 Å². The standard InChI is InChI=1S/C4H9Si2/c1-2-3-4-6-5/h2-4H2,1H3. The van der Waals surface area contributed by atoms with Crippen molar-refractivity contribution in [2.75, 3.05) is 0 Å². The van der Waals surface area contributed by atoms with E-state index in [1.165, 1.54) is 18.9 Å². The van der Waals surface area contributed by atoms with Crippen LogP contribution in [0.25, 0.3) is 0 Å². The molecule has 0 saturated heterocycles. The van der Waals surface area contributed by atoms with Gasteiger partial charge in [-0.3, -0.25) is 0 Å². The Morgan fingerprint density at radius 1 is 1.67 bits per heavy atom. The Morgan fingerprint density at radius 2 is 2.33 bits per heavy atom. The van der Waals surface area contributed by atoms with Gasteiger partial charge in [0, 0.05) is 18.8 Å². The number of unbranched alkanes of at least 4 members (excludes halogenated alkanes) is 1. The van der Waals surface area contributed by atoms with Gasteiger partial charge in [0.1, 0.15) is 0 Å². The molecule has 0 fully saturated rings. The highest BCUT2D eigenvalue weighted by molar-refractivity contribution is 6.89. The second kappa shape index (κ2) is 5.43. The van der Waals surface area contributed by atoms with Crippen molar-refractivity contribution < 1.29 is 0 Å². The summed E-state index contributed by atoms with van der Waals surface area (Å²) in [5.41, 5.74) is 0. The van der Waals surface area contributed by atoms with E-state index in [0.717, 1.165) is 9.04 Å². The van der Waals surface area contributed by atoms with E-state index < -0.39 is 0 Å². The van der Waals surface area contributed by atoms with Crippen LogP contribution in [0, 0.1) is 0 Å². The van der Waals surface area contributed by atoms with Crippen LogP contribution < -0.4 is 0 Å². The maximum atomic E-state index is 3.42. The highest BCUT2D eigenvalue weighted by Crippen LogP contribution is 1.89. The van der Waals surface area contributed by atoms with E-state index in [1.807, 2.05) is 0 Å². The van der Waals surface area contributed by atoms with Crippen molar-refractivity contribution in [3.8, 4) is 0 Å². The molecule has 6 heavy (non-hydrogen) atoms. The van der Waals surface area contributed by atoms with Gasteiger partial charge in [0.2, 0.25) is 0 Å². The summed E-state index contributed by atoms with van der Waals surface area (Å²) in [4.78, 5) is 0. The lowest BCUT2D eigenvalue weighted by Crippen LogP contribution is -1.84. The van der Waals surface area contributed by atoms with Crippen LogP contribution in [0.2, 0.25) is 6.04 Å². The molecule has 0 aliphatic carbocycles. The Hall–Kier alpha value is 0.434. The quantitative estimate of drug-likeness (QED) is 0.378. The van der Waals surface area contributed by atoms with E-state index in [0.29, 0.717) is 0 Å². The molecule has 0 aliphatic heterocycles. The lowest BCUT2D eigenvalue weighted by Gasteiger charge is -1.84. The third-order valence-electron chi connectivity index (χ3n) is 0.655. The minimum atomic E-state index is 0.970. The average Bonchev–Trinajstić information content (AvgIpc) is 1.61. The summed E-state index contributed by atoms with van der Waals surface area (Å²) in [6, 6.07) is 1.35. The Kier molecular flexibility index (Phi) is 5.83. The smallest absolute Gasteiger partial charge is 0.0180 e. The normalized spacial score (nSPS) is 9.00. The fraction of sp³-hybridized carbons (Fsp3) is 1.00. The zero-order valence-electron chi connectivity index (χ0n) is 4.12. The Balaban J connectivity index is 2.34. The molecule has 0 atom stereocenters. The Labute approximate surface area is 45.4 Å². The van der Waals surface area contributed by atoms with Crippen molar-refractivity contribution in [3.05, 3.63) is 0 Å². The van der Waals surface area contributed by atoms with Gasteiger partial charge in [-0.05, 0) is 0 Å². The third kappa shape index (κ3) is 4.43. The molecule has 0 aliphatic rings. The van der Waals surface area contributed by atoms with Gasteiger partial charge in [-0.25, -0.2) is 0 Å². The maximum absolute atomic E-state index is 3.42. The summed E-state index contributed by atoms with van der Waals surface area (Å²) in [6.07, 6.45) is 2.71. The van der Waals surface area contributed by atoms with Crippen molar-refractivity contribution in [1.82, 2.24) is 0 Å². The van der Waals surface area contributed by atoms with E-state index in [2.05, 4.69) is 16.7 Å². The van der Waals surface area contributed by atoms with Crippen LogP contribution in [0.1, 0.15) is 19.8 Å². The molecule has 0 aromatic rings. The molecular weight excluding hydrogens is 104 g/mol. The van der Waals surface area contributed by atoms with Gasteiger partial charge in [-0.2, -0.15) is 0 Å². The minimum Gasteiger partial charge on any atom is -0.0654 e. The van der Waals surface area contributed by atoms with Gasteiger partial charge in [0.15, 0.2) is 0 Å². The first-order valence-corrected chi connectivity index (χ1v) is 5.02. The summed E-state index contributed by atoms with van der Waals surface area (Å²) in [5, 5.41) is 0. The van der Waals surface area contributed by atoms with Crippen LogP contribution in [-0.2, 0) is 0 Å². The van der Waals surface area contributed by atoms with Gasteiger partial charge in [-0.15, -0.1) is 0 Å². The molecule has 0 unspecified atom stereocenters. The zero-order chi connectivity index (χ0) is 4.83. The second-order valence-corrected chi connectivity index (χ2v) is 3.19. The molecule has 33 valence electrons. The molecule has 0 heterocycles. The molecule has 0 aromatic heterocycles. The Morgan fingerprint density at radius 3 is 2.50 bits per heavy atom. The van der Waals surface area contributed by atoms with Gasteiger partial charge in [0.25, 0.3) is 0 Å². The third-order valence-corrected chi connectivity index (χ3v) is 2.01. The van der Waals surface area contributed by atoms with Gasteiger partial charge in [-0.1, -0.05) is 25.8 Å². The van der Waals surface area contributed by atoms with Crippen molar-refractivity contribution in [2.45, 2.75) is 25.8 Å². The maximum Gasteiger partial charge on any atom is 0.0180 e. The first-order chi connectivity index (χ1) is 2.91. The van der Waals surface area contributed by atoms with Crippen LogP contribution >= 0.6 is 0 Å². The minimum absolute atomic E-state index is 0.970. The number of hydrogen-bond acceptors (Lipinski definition) is 0. The molecule has 5 radical (unpaired) electrons. The SMILES string of the molecule is CCCC[Si][Si]. The molecule has 0 amide bonds. The number of rotatable bonds is 3. The summed E-state index contributed by atoms with van der Waals surface area (Å²) in [5.74, 6) is 0. The molecule has 0 aromatic carbocycles. The molecule has 0 rings (SSSR count). The van der Waals surface area contributed by atoms with Crippen molar-refractivity contribution in [1.29, 1.82) is 0 Å². The summed E-state index contributed by atoms with van der Waals surface area (Å²) < 4.78 is 0. The highest BCUT2D eigenvalue weighted by atomic mass is 29.1. The van der Waals surface area contributed by atoms with E-state index in [4.69, 9.17) is 0 Å². The molecule has 0 N–H and O–H groups in total. The summed E-state index contributed by atoms with van der Waals surface area (Å²) in [6.45, 7) is 2.21. The van der Waals surface area contributed by atoms with Gasteiger partial charge in [0.05, 0.1) is 0 Å². The first-order valence-electron chi connectivity index (χ1n) is 2.31. The monoisotopic (exact) mass is 113 g/mol. The summed E-state index contributed by atoms with van der Waals surface area (Å²) >= 11 is 0. The lowest BCUT2D eigenvalue weighted by atomic mass is 10.4. The molecule has 0 bridgehead atoms. The topological polar surface area (TPSA) is 0 Å². The molecule has 0 saturated carbocycles. The molecule has 2 heteroatoms. The lowest BCUT2D eigenvalue weighted by molar-refractivity contribution is 0.882. The van der Waals surface area contributed by atoms with Crippen LogP contribution in [0.3, 0.4) is 0 Å². The Bertz CT molecular complexity index is 17.5. The van der Waals surface area contributed by atoms with E-state index in [-0.39, 0.29) is 0 Å². The number of hydrogen-bond donors (Lipinski definition) is 0. The zero-order valence-corrected chi connectivity index (χ0v) is 6.12. The highest BCUT2D eigenvalue weighted by Gasteiger charge is 1.76. The predicted molar refractivity (Wildman–Crippen MR) is 31.2 cm³/mol. The van der Waals surface area contributed by atoms with Crippen molar-refractivity contribution in [3.63, 3.8) is 0 Å². The largest absolute Gasteiger partial charge is 0.0654 e. The van der Waals surface area contributed by atoms with Crippen LogP contribution in [0.15, 0.2) is 0 Å². The van der Waals surface area contributed by atoms with Crippen molar-refractivity contribution in [2.24, 2.45) is 0 Å². The molecule has 0 nitrogen and oxygen atoms in total. The fourth-order valence-corrected chi connectivity index (χ4v) is 1.33. The second-order valence-electron chi connectivity index (χ2n) is 1.28. The van der Waals surface area contributed by atoms with Crippen molar-refractivity contribution >= 4 is 18.8 Å². The van der Waals surface area contributed by atoms with Crippen LogP contribution in [-0.4, -0.2) is 18.8 Å². The van der Waals surface area contributed by atoms with E-state index in [1.54, 1.807) is 0 Å². The van der Waals surface area contributed by atoms with Crippen LogP contribution in [0.4, 0.5) is 0 Å². The first kappa shape index (κ1) is 6.43. The van der Waals surface area contributed by atoms with E-state index >= 15 is 0 Å².